The Morgan fingerprint density at radius 3 is 2.96 bits per heavy atom. The first-order valence-electron chi connectivity index (χ1n) is 9.58. The Hall–Kier alpha value is -2.05. The molecule has 6 heteroatoms. The summed E-state index contributed by atoms with van der Waals surface area (Å²) in [7, 11) is 1.65. The zero-order valence-electron chi connectivity index (χ0n) is 15.0. The standard InChI is InChI=1S/C20H25N3O3/c1-25-13-4-5-15-12(10-13)11-16(21-15)20(24)22-17-14-6-9-26-19(14)18(17)23-7-2-3-8-23/h4-5,10-11,14,17-19,21H,2-3,6-9H2,1H3,(H,22,24)/t14-,17+,18-,19-/m0/s1. The summed E-state index contributed by atoms with van der Waals surface area (Å²) in [6.45, 7) is 3.06. The van der Waals surface area contributed by atoms with E-state index in [0.717, 1.165) is 42.8 Å². The number of rotatable bonds is 4. The van der Waals surface area contributed by atoms with Crippen LogP contribution < -0.4 is 10.1 Å². The Morgan fingerprint density at radius 1 is 1.31 bits per heavy atom. The number of hydrogen-bond donors (Lipinski definition) is 2. The van der Waals surface area contributed by atoms with E-state index in [4.69, 9.17) is 9.47 Å². The summed E-state index contributed by atoms with van der Waals surface area (Å²) in [5, 5.41) is 4.28. The van der Waals surface area contributed by atoms with Gasteiger partial charge in [0, 0.05) is 23.4 Å². The maximum atomic E-state index is 12.9. The number of methoxy groups -OCH3 is 1. The summed E-state index contributed by atoms with van der Waals surface area (Å²) in [5.41, 5.74) is 1.55. The van der Waals surface area contributed by atoms with Crippen LogP contribution in [0.25, 0.3) is 10.9 Å². The van der Waals surface area contributed by atoms with E-state index in [-0.39, 0.29) is 11.9 Å². The summed E-state index contributed by atoms with van der Waals surface area (Å²) in [4.78, 5) is 18.6. The Morgan fingerprint density at radius 2 is 2.15 bits per heavy atom. The van der Waals surface area contributed by atoms with Gasteiger partial charge in [0.2, 0.25) is 0 Å². The Labute approximate surface area is 152 Å². The number of hydrogen-bond acceptors (Lipinski definition) is 4. The third kappa shape index (κ3) is 2.51. The summed E-state index contributed by atoms with van der Waals surface area (Å²) < 4.78 is 11.2. The fourth-order valence-corrected chi connectivity index (χ4v) is 4.93. The number of carbonyl (C=O) groups is 1. The van der Waals surface area contributed by atoms with Gasteiger partial charge in [-0.15, -0.1) is 0 Å². The largest absolute Gasteiger partial charge is 0.497 e. The molecule has 2 saturated heterocycles. The summed E-state index contributed by atoms with van der Waals surface area (Å²) in [6, 6.07) is 8.21. The van der Waals surface area contributed by atoms with Crippen molar-refractivity contribution in [1.29, 1.82) is 0 Å². The van der Waals surface area contributed by atoms with Crippen LogP contribution in [0.4, 0.5) is 0 Å². The van der Waals surface area contributed by atoms with Crippen molar-refractivity contribution < 1.29 is 14.3 Å². The number of nitrogens with one attached hydrogen (secondary N) is 2. The molecule has 1 aliphatic carbocycles. The number of ether oxygens (including phenoxy) is 2. The molecule has 5 rings (SSSR count). The second-order valence-electron chi connectivity index (χ2n) is 7.66. The molecule has 6 nitrogen and oxygen atoms in total. The highest BCUT2D eigenvalue weighted by Crippen LogP contribution is 2.43. The van der Waals surface area contributed by atoms with Gasteiger partial charge in [0.1, 0.15) is 11.4 Å². The van der Waals surface area contributed by atoms with Crippen LogP contribution >= 0.6 is 0 Å². The van der Waals surface area contributed by atoms with Crippen molar-refractivity contribution in [1.82, 2.24) is 15.2 Å². The molecule has 1 amide bonds. The molecule has 0 bridgehead atoms. The molecule has 2 aromatic rings. The molecule has 2 aliphatic heterocycles. The normalized spacial score (nSPS) is 31.0. The first-order chi connectivity index (χ1) is 12.7. The molecule has 1 aromatic carbocycles. The highest BCUT2D eigenvalue weighted by molar-refractivity contribution is 5.98. The van der Waals surface area contributed by atoms with Gasteiger partial charge in [0.05, 0.1) is 25.3 Å². The van der Waals surface area contributed by atoms with Gasteiger partial charge >= 0.3 is 0 Å². The van der Waals surface area contributed by atoms with Crippen LogP contribution in [0.1, 0.15) is 29.8 Å². The summed E-state index contributed by atoms with van der Waals surface area (Å²) in [6.07, 6.45) is 3.84. The summed E-state index contributed by atoms with van der Waals surface area (Å²) >= 11 is 0. The minimum atomic E-state index is -0.0280. The number of H-pyrrole nitrogens is 1. The summed E-state index contributed by atoms with van der Waals surface area (Å²) in [5.74, 6) is 1.22. The van der Waals surface area contributed by atoms with Crippen molar-refractivity contribution in [3.8, 4) is 5.75 Å². The minimum absolute atomic E-state index is 0.0280. The lowest BCUT2D eigenvalue weighted by Gasteiger charge is -2.51. The van der Waals surface area contributed by atoms with E-state index in [2.05, 4.69) is 15.2 Å². The number of likely N-dealkylation sites (tertiary alicyclic amines) is 1. The Kier molecular flexibility index (Phi) is 3.90. The van der Waals surface area contributed by atoms with Gasteiger partial charge < -0.3 is 19.8 Å². The minimum Gasteiger partial charge on any atom is -0.497 e. The number of amides is 1. The average molecular weight is 355 g/mol. The monoisotopic (exact) mass is 355 g/mol. The molecule has 26 heavy (non-hydrogen) atoms. The van der Waals surface area contributed by atoms with Gasteiger partial charge in [0.25, 0.3) is 5.91 Å². The third-order valence-corrected chi connectivity index (χ3v) is 6.28. The van der Waals surface area contributed by atoms with Gasteiger partial charge in [-0.2, -0.15) is 0 Å². The quantitative estimate of drug-likeness (QED) is 0.882. The number of fused-ring (bicyclic) bond motifs is 2. The molecular weight excluding hydrogens is 330 g/mol. The van der Waals surface area contributed by atoms with Crippen molar-refractivity contribution in [2.24, 2.45) is 5.92 Å². The second-order valence-corrected chi connectivity index (χ2v) is 7.66. The van der Waals surface area contributed by atoms with Crippen molar-refractivity contribution in [2.75, 3.05) is 26.8 Å². The highest BCUT2D eigenvalue weighted by Gasteiger charge is 2.56. The molecule has 4 atom stereocenters. The van der Waals surface area contributed by atoms with Gasteiger partial charge in [-0.25, -0.2) is 0 Å². The fourth-order valence-electron chi connectivity index (χ4n) is 4.93. The first-order valence-corrected chi connectivity index (χ1v) is 9.58. The van der Waals surface area contributed by atoms with Crippen LogP contribution in [0.3, 0.4) is 0 Å². The van der Waals surface area contributed by atoms with E-state index in [1.54, 1.807) is 7.11 Å². The topological polar surface area (TPSA) is 66.6 Å². The van der Waals surface area contributed by atoms with Crippen LogP contribution in [0, 0.1) is 5.92 Å². The van der Waals surface area contributed by atoms with Crippen LogP contribution in [-0.4, -0.2) is 60.8 Å². The van der Waals surface area contributed by atoms with Crippen LogP contribution in [0.2, 0.25) is 0 Å². The number of aromatic amines is 1. The van der Waals surface area contributed by atoms with Crippen LogP contribution in [-0.2, 0) is 4.74 Å². The molecule has 0 spiro atoms. The maximum Gasteiger partial charge on any atom is 0.268 e. The number of carbonyl (C=O) groups excluding carboxylic acids is 1. The van der Waals surface area contributed by atoms with E-state index in [1.165, 1.54) is 12.8 Å². The number of benzene rings is 1. The smallest absolute Gasteiger partial charge is 0.268 e. The van der Waals surface area contributed by atoms with Crippen LogP contribution in [0.5, 0.6) is 5.75 Å². The van der Waals surface area contributed by atoms with E-state index in [0.29, 0.717) is 23.8 Å². The van der Waals surface area contributed by atoms with Gasteiger partial charge in [-0.1, -0.05) is 0 Å². The lowest BCUT2D eigenvalue weighted by molar-refractivity contribution is -0.0747. The maximum absolute atomic E-state index is 12.9. The number of nitrogens with zero attached hydrogens (tertiary/aromatic N) is 1. The molecule has 0 unspecified atom stereocenters. The first kappa shape index (κ1) is 16.1. The predicted molar refractivity (Wildman–Crippen MR) is 98.5 cm³/mol. The zero-order chi connectivity index (χ0) is 17.7. The lowest BCUT2D eigenvalue weighted by atomic mass is 9.70. The Balaban J connectivity index is 1.35. The van der Waals surface area contributed by atoms with E-state index < -0.39 is 0 Å². The second kappa shape index (κ2) is 6.28. The highest BCUT2D eigenvalue weighted by atomic mass is 16.5. The van der Waals surface area contributed by atoms with Crippen molar-refractivity contribution in [2.45, 2.75) is 37.5 Å². The molecule has 2 N–H and O–H groups in total. The third-order valence-electron chi connectivity index (χ3n) is 6.28. The molecule has 3 aliphatic rings. The SMILES string of the molecule is COc1ccc2[nH]c(C(=O)N[C@@H]3[C@@H]4CCO[C@@H]4[C@H]3N3CCCC3)cc2c1. The van der Waals surface area contributed by atoms with E-state index in [1.807, 2.05) is 24.3 Å². The predicted octanol–water partition coefficient (Wildman–Crippen LogP) is 2.16. The van der Waals surface area contributed by atoms with Crippen molar-refractivity contribution >= 4 is 16.8 Å². The van der Waals surface area contributed by atoms with Gasteiger partial charge in [0.15, 0.2) is 0 Å². The van der Waals surface area contributed by atoms with E-state index >= 15 is 0 Å². The lowest BCUT2D eigenvalue weighted by Crippen LogP contribution is -2.70. The zero-order valence-corrected chi connectivity index (χ0v) is 15.0. The Bertz CT molecular complexity index is 822. The fraction of sp³-hybridized carbons (Fsp3) is 0.550. The number of aromatic nitrogens is 1. The molecule has 3 fully saturated rings. The van der Waals surface area contributed by atoms with E-state index in [9.17, 15) is 4.79 Å². The molecule has 0 radical (unpaired) electrons. The molecule has 1 saturated carbocycles. The van der Waals surface area contributed by atoms with Crippen molar-refractivity contribution in [3.63, 3.8) is 0 Å². The van der Waals surface area contributed by atoms with Crippen LogP contribution in [0.15, 0.2) is 24.3 Å². The van der Waals surface area contributed by atoms with Gasteiger partial charge in [-0.3, -0.25) is 9.69 Å². The average Bonchev–Trinajstić information content (AvgIpc) is 3.39. The van der Waals surface area contributed by atoms with Gasteiger partial charge in [-0.05, 0) is 56.6 Å². The molecule has 138 valence electrons. The molecule has 1 aromatic heterocycles. The molecule has 3 heterocycles. The molecular formula is C20H25N3O3. The van der Waals surface area contributed by atoms with Crippen molar-refractivity contribution in [3.05, 3.63) is 30.0 Å².